The van der Waals surface area contributed by atoms with E-state index in [-0.39, 0.29) is 11.9 Å². The number of carbonyl (C=O) groups excluding carboxylic acids is 1. The normalized spacial score (nSPS) is 11.6. The standard InChI is InChI=1S/C23H25NO5/c1-26-19-14-16(15-20(27-2)23(19)28-3)11-12-21(25)24-22(18-10-7-13-29-18)17-8-5-4-6-9-17/h4-10,13-15,22H,11-12H2,1-3H3,(H,24,25)/t22-/m0/s1. The van der Waals surface area contributed by atoms with Crippen LogP contribution >= 0.6 is 0 Å². The first-order valence-corrected chi connectivity index (χ1v) is 9.32. The second-order valence-electron chi connectivity index (χ2n) is 6.46. The van der Waals surface area contributed by atoms with E-state index in [2.05, 4.69) is 5.32 Å². The highest BCUT2D eigenvalue weighted by atomic mass is 16.5. The minimum absolute atomic E-state index is 0.0796. The van der Waals surface area contributed by atoms with Crippen LogP contribution < -0.4 is 19.5 Å². The van der Waals surface area contributed by atoms with Crippen molar-refractivity contribution in [3.8, 4) is 17.2 Å². The van der Waals surface area contributed by atoms with Crippen molar-refractivity contribution in [2.75, 3.05) is 21.3 Å². The molecule has 1 atom stereocenters. The summed E-state index contributed by atoms with van der Waals surface area (Å²) in [5.41, 5.74) is 1.88. The van der Waals surface area contributed by atoms with Gasteiger partial charge in [0, 0.05) is 6.42 Å². The van der Waals surface area contributed by atoms with Gasteiger partial charge in [-0.25, -0.2) is 0 Å². The second kappa shape index (κ2) is 9.68. The highest BCUT2D eigenvalue weighted by molar-refractivity contribution is 5.77. The molecule has 0 bridgehead atoms. The molecule has 3 aromatic rings. The fourth-order valence-corrected chi connectivity index (χ4v) is 3.19. The molecule has 1 aromatic heterocycles. The molecule has 0 spiro atoms. The number of aryl methyl sites for hydroxylation is 1. The molecular formula is C23H25NO5. The number of nitrogens with one attached hydrogen (secondary N) is 1. The molecule has 1 amide bonds. The number of hydrogen-bond donors (Lipinski definition) is 1. The van der Waals surface area contributed by atoms with Crippen molar-refractivity contribution in [2.24, 2.45) is 0 Å². The van der Waals surface area contributed by atoms with Crippen molar-refractivity contribution in [3.05, 3.63) is 77.7 Å². The van der Waals surface area contributed by atoms with E-state index < -0.39 is 0 Å². The summed E-state index contributed by atoms with van der Waals surface area (Å²) in [5.74, 6) is 2.28. The van der Waals surface area contributed by atoms with Gasteiger partial charge in [-0.15, -0.1) is 0 Å². The largest absolute Gasteiger partial charge is 0.493 e. The molecule has 1 heterocycles. The van der Waals surface area contributed by atoms with Crippen molar-refractivity contribution in [1.82, 2.24) is 5.32 Å². The maximum atomic E-state index is 12.7. The fraction of sp³-hybridized carbons (Fsp3) is 0.261. The Morgan fingerprint density at radius 1 is 0.966 bits per heavy atom. The van der Waals surface area contributed by atoms with Crippen LogP contribution in [0.4, 0.5) is 0 Å². The van der Waals surface area contributed by atoms with E-state index in [9.17, 15) is 4.79 Å². The predicted molar refractivity (Wildman–Crippen MR) is 110 cm³/mol. The van der Waals surface area contributed by atoms with Gasteiger partial charge in [-0.2, -0.15) is 0 Å². The Morgan fingerprint density at radius 3 is 2.21 bits per heavy atom. The Kier molecular flexibility index (Phi) is 6.79. The van der Waals surface area contributed by atoms with E-state index in [1.165, 1.54) is 0 Å². The molecule has 0 saturated carbocycles. The van der Waals surface area contributed by atoms with Crippen LogP contribution in [-0.4, -0.2) is 27.2 Å². The van der Waals surface area contributed by atoms with Crippen molar-refractivity contribution in [3.63, 3.8) is 0 Å². The highest BCUT2D eigenvalue weighted by Crippen LogP contribution is 2.38. The SMILES string of the molecule is COc1cc(CCC(=O)N[C@@H](c2ccccc2)c2ccco2)cc(OC)c1OC. The summed E-state index contributed by atoms with van der Waals surface area (Å²) in [4.78, 5) is 12.7. The van der Waals surface area contributed by atoms with E-state index in [0.29, 0.717) is 35.9 Å². The van der Waals surface area contributed by atoms with Crippen LogP contribution in [0.1, 0.15) is 29.3 Å². The monoisotopic (exact) mass is 395 g/mol. The minimum Gasteiger partial charge on any atom is -0.493 e. The van der Waals surface area contributed by atoms with Gasteiger partial charge in [-0.05, 0) is 41.8 Å². The zero-order valence-corrected chi connectivity index (χ0v) is 16.8. The van der Waals surface area contributed by atoms with Gasteiger partial charge in [-0.3, -0.25) is 4.79 Å². The lowest BCUT2D eigenvalue weighted by Crippen LogP contribution is -2.29. The molecule has 6 heteroatoms. The highest BCUT2D eigenvalue weighted by Gasteiger charge is 2.20. The van der Waals surface area contributed by atoms with Crippen molar-refractivity contribution in [2.45, 2.75) is 18.9 Å². The van der Waals surface area contributed by atoms with Gasteiger partial charge in [0.25, 0.3) is 0 Å². The zero-order chi connectivity index (χ0) is 20.6. The maximum absolute atomic E-state index is 12.7. The van der Waals surface area contributed by atoms with E-state index in [4.69, 9.17) is 18.6 Å². The number of hydrogen-bond acceptors (Lipinski definition) is 5. The van der Waals surface area contributed by atoms with Crippen molar-refractivity contribution >= 4 is 5.91 Å². The van der Waals surface area contributed by atoms with Crippen molar-refractivity contribution in [1.29, 1.82) is 0 Å². The van der Waals surface area contributed by atoms with Crippen LogP contribution in [0, 0.1) is 0 Å². The fourth-order valence-electron chi connectivity index (χ4n) is 3.19. The van der Waals surface area contributed by atoms with E-state index in [1.54, 1.807) is 27.6 Å². The molecule has 0 saturated heterocycles. The molecule has 3 rings (SSSR count). The topological polar surface area (TPSA) is 69.9 Å². The van der Waals surface area contributed by atoms with Crippen LogP contribution in [0.25, 0.3) is 0 Å². The Labute approximate surface area is 170 Å². The van der Waals surface area contributed by atoms with Gasteiger partial charge in [0.2, 0.25) is 11.7 Å². The van der Waals surface area contributed by atoms with Gasteiger partial charge in [0.15, 0.2) is 11.5 Å². The molecular weight excluding hydrogens is 370 g/mol. The van der Waals surface area contributed by atoms with E-state index in [0.717, 1.165) is 11.1 Å². The van der Waals surface area contributed by atoms with E-state index in [1.807, 2.05) is 54.6 Å². The summed E-state index contributed by atoms with van der Waals surface area (Å²) in [6, 6.07) is 16.8. The molecule has 152 valence electrons. The molecule has 29 heavy (non-hydrogen) atoms. The first-order chi connectivity index (χ1) is 14.2. The molecule has 0 radical (unpaired) electrons. The van der Waals surface area contributed by atoms with Gasteiger partial charge in [0.05, 0.1) is 27.6 Å². The summed E-state index contributed by atoms with van der Waals surface area (Å²) < 4.78 is 21.6. The van der Waals surface area contributed by atoms with Crippen LogP contribution in [0.5, 0.6) is 17.2 Å². The number of ether oxygens (including phenoxy) is 3. The predicted octanol–water partition coefficient (Wildman–Crippen LogP) is 4.14. The van der Waals surface area contributed by atoms with Crippen molar-refractivity contribution < 1.29 is 23.4 Å². The molecule has 6 nitrogen and oxygen atoms in total. The Morgan fingerprint density at radius 2 is 1.66 bits per heavy atom. The summed E-state index contributed by atoms with van der Waals surface area (Å²) in [6.07, 6.45) is 2.44. The van der Waals surface area contributed by atoms with Crippen LogP contribution in [0.3, 0.4) is 0 Å². The van der Waals surface area contributed by atoms with Gasteiger partial charge >= 0.3 is 0 Å². The first kappa shape index (κ1) is 20.3. The van der Waals surface area contributed by atoms with Crippen LogP contribution in [-0.2, 0) is 11.2 Å². The van der Waals surface area contributed by atoms with Crippen LogP contribution in [0.2, 0.25) is 0 Å². The molecule has 0 aliphatic heterocycles. The quantitative estimate of drug-likeness (QED) is 0.590. The lowest BCUT2D eigenvalue weighted by Gasteiger charge is -2.18. The number of furan rings is 1. The molecule has 0 unspecified atom stereocenters. The summed E-state index contributed by atoms with van der Waals surface area (Å²) in [5, 5.41) is 3.07. The van der Waals surface area contributed by atoms with Crippen LogP contribution in [0.15, 0.2) is 65.3 Å². The Balaban J connectivity index is 1.72. The zero-order valence-electron chi connectivity index (χ0n) is 16.8. The molecule has 1 N–H and O–H groups in total. The summed E-state index contributed by atoms with van der Waals surface area (Å²) in [6.45, 7) is 0. The third-order valence-corrected chi connectivity index (χ3v) is 4.63. The summed E-state index contributed by atoms with van der Waals surface area (Å²) >= 11 is 0. The smallest absolute Gasteiger partial charge is 0.221 e. The van der Waals surface area contributed by atoms with Gasteiger partial charge < -0.3 is 23.9 Å². The molecule has 0 aliphatic rings. The molecule has 2 aromatic carbocycles. The lowest BCUT2D eigenvalue weighted by atomic mass is 10.0. The minimum atomic E-state index is -0.335. The lowest BCUT2D eigenvalue weighted by molar-refractivity contribution is -0.121. The Hall–Kier alpha value is -3.41. The first-order valence-electron chi connectivity index (χ1n) is 9.32. The average molecular weight is 395 g/mol. The number of carbonyl (C=O) groups is 1. The number of benzene rings is 2. The van der Waals surface area contributed by atoms with Gasteiger partial charge in [-0.1, -0.05) is 30.3 Å². The Bertz CT molecular complexity index is 897. The number of amides is 1. The maximum Gasteiger partial charge on any atom is 0.221 e. The number of methoxy groups -OCH3 is 3. The molecule has 0 aliphatic carbocycles. The third kappa shape index (κ3) is 4.90. The summed E-state index contributed by atoms with van der Waals surface area (Å²) in [7, 11) is 4.70. The number of rotatable bonds is 9. The van der Waals surface area contributed by atoms with E-state index >= 15 is 0 Å². The average Bonchev–Trinajstić information content (AvgIpc) is 3.30. The third-order valence-electron chi connectivity index (χ3n) is 4.63. The van der Waals surface area contributed by atoms with Gasteiger partial charge in [0.1, 0.15) is 11.8 Å². The second-order valence-corrected chi connectivity index (χ2v) is 6.46. The molecule has 0 fully saturated rings.